The van der Waals surface area contributed by atoms with E-state index in [1.54, 1.807) is 18.4 Å². The zero-order valence-corrected chi connectivity index (χ0v) is 20.0. The van der Waals surface area contributed by atoms with Crippen LogP contribution in [0.5, 0.6) is 11.5 Å². The van der Waals surface area contributed by atoms with Crippen LogP contribution in [-0.4, -0.2) is 32.2 Å². The van der Waals surface area contributed by atoms with Crippen molar-refractivity contribution in [3.05, 3.63) is 44.1 Å². The Morgan fingerprint density at radius 1 is 1.32 bits per heavy atom. The lowest BCUT2D eigenvalue weighted by atomic mass is 9.94. The number of ether oxygens (including phenoxy) is 3. The minimum atomic E-state index is 0.208. The second kappa shape index (κ2) is 7.63. The standard InChI is InChI=1S/C26H32O4S/c1-6-16-9-15(10-21(28-5)24(16)30-13-17-12-29-17)7-8-20(27)25-18-11-19-23(26(19,3)4)22(18)14(2)31-25/h9-10,17,19,23H,6-8,11-13H2,1-5H3/t17?,19-,23-/m1/s1. The highest BCUT2D eigenvalue weighted by atomic mass is 32.1. The Morgan fingerprint density at radius 3 is 2.77 bits per heavy atom. The lowest BCUT2D eigenvalue weighted by molar-refractivity contribution is 0.0985. The van der Waals surface area contributed by atoms with Crippen LogP contribution in [0.25, 0.3) is 0 Å². The molecule has 0 N–H and O–H groups in total. The van der Waals surface area contributed by atoms with Gasteiger partial charge in [0.25, 0.3) is 0 Å². The van der Waals surface area contributed by atoms with Gasteiger partial charge in [-0.3, -0.25) is 4.79 Å². The summed E-state index contributed by atoms with van der Waals surface area (Å²) in [5, 5.41) is 0. The van der Waals surface area contributed by atoms with Crippen LogP contribution in [0.4, 0.5) is 0 Å². The predicted molar refractivity (Wildman–Crippen MR) is 123 cm³/mol. The average Bonchev–Trinajstić information content (AvgIpc) is 3.56. The van der Waals surface area contributed by atoms with Crippen molar-refractivity contribution in [2.45, 2.75) is 65.4 Å². The predicted octanol–water partition coefficient (Wildman–Crippen LogP) is 5.52. The SMILES string of the molecule is CCc1cc(CCC(=O)c2sc(C)c3c2C[C@@H]2[C@H]3C2(C)C)cc(OC)c1OCC1CO1. The van der Waals surface area contributed by atoms with Crippen LogP contribution in [-0.2, 0) is 24.0 Å². The Hall–Kier alpha value is -1.85. The molecule has 0 bridgehead atoms. The number of ketones is 1. The number of thiophene rings is 1. The lowest BCUT2D eigenvalue weighted by Crippen LogP contribution is -2.08. The van der Waals surface area contributed by atoms with E-state index in [-0.39, 0.29) is 11.9 Å². The van der Waals surface area contributed by atoms with Gasteiger partial charge in [0.1, 0.15) is 12.7 Å². The first-order valence-electron chi connectivity index (χ1n) is 11.4. The van der Waals surface area contributed by atoms with Crippen molar-refractivity contribution in [3.63, 3.8) is 0 Å². The molecule has 0 amide bonds. The van der Waals surface area contributed by atoms with Crippen molar-refractivity contribution >= 4 is 17.1 Å². The lowest BCUT2D eigenvalue weighted by Gasteiger charge is -2.16. The van der Waals surface area contributed by atoms with Gasteiger partial charge in [-0.15, -0.1) is 11.3 Å². The van der Waals surface area contributed by atoms with Gasteiger partial charge in [-0.1, -0.05) is 26.8 Å². The third kappa shape index (κ3) is 3.60. The molecule has 2 aliphatic carbocycles. The van der Waals surface area contributed by atoms with Crippen molar-refractivity contribution in [1.82, 2.24) is 0 Å². The number of benzene rings is 1. The number of hydrogen-bond donors (Lipinski definition) is 0. The molecule has 4 nitrogen and oxygen atoms in total. The first-order valence-corrected chi connectivity index (χ1v) is 12.3. The van der Waals surface area contributed by atoms with Gasteiger partial charge in [-0.25, -0.2) is 0 Å². The Kier molecular flexibility index (Phi) is 5.17. The van der Waals surface area contributed by atoms with Crippen LogP contribution in [0.3, 0.4) is 0 Å². The molecule has 1 unspecified atom stereocenters. The number of methoxy groups -OCH3 is 1. The van der Waals surface area contributed by atoms with Crippen molar-refractivity contribution in [2.75, 3.05) is 20.3 Å². The van der Waals surface area contributed by atoms with Crippen molar-refractivity contribution in [3.8, 4) is 11.5 Å². The van der Waals surface area contributed by atoms with Gasteiger partial charge in [0.2, 0.25) is 0 Å². The van der Waals surface area contributed by atoms with E-state index in [9.17, 15) is 4.79 Å². The minimum absolute atomic E-state index is 0.208. The maximum absolute atomic E-state index is 13.2. The molecule has 0 spiro atoms. The molecule has 5 rings (SSSR count). The largest absolute Gasteiger partial charge is 0.493 e. The van der Waals surface area contributed by atoms with Crippen molar-refractivity contribution in [2.24, 2.45) is 11.3 Å². The van der Waals surface area contributed by atoms with Crippen LogP contribution >= 0.6 is 11.3 Å². The van der Waals surface area contributed by atoms with E-state index in [2.05, 4.69) is 33.8 Å². The molecule has 2 fully saturated rings. The summed E-state index contributed by atoms with van der Waals surface area (Å²) in [7, 11) is 1.68. The van der Waals surface area contributed by atoms with E-state index in [4.69, 9.17) is 14.2 Å². The first-order chi connectivity index (χ1) is 14.8. The van der Waals surface area contributed by atoms with Crippen LogP contribution in [0.15, 0.2) is 12.1 Å². The number of carbonyl (C=O) groups excluding carboxylic acids is 1. The summed E-state index contributed by atoms with van der Waals surface area (Å²) in [6, 6.07) is 4.19. The number of hydrogen-bond acceptors (Lipinski definition) is 5. The summed E-state index contributed by atoms with van der Waals surface area (Å²) in [5.41, 5.74) is 5.53. The maximum atomic E-state index is 13.2. The molecule has 1 saturated carbocycles. The van der Waals surface area contributed by atoms with Gasteiger partial charge in [0, 0.05) is 11.3 Å². The quantitative estimate of drug-likeness (QED) is 0.381. The van der Waals surface area contributed by atoms with Gasteiger partial charge in [0.15, 0.2) is 17.3 Å². The number of carbonyl (C=O) groups is 1. The van der Waals surface area contributed by atoms with Crippen LogP contribution in [0, 0.1) is 18.3 Å². The van der Waals surface area contributed by atoms with E-state index in [0.29, 0.717) is 24.4 Å². The summed E-state index contributed by atoms with van der Waals surface area (Å²) in [6.07, 6.45) is 3.41. The summed E-state index contributed by atoms with van der Waals surface area (Å²) in [4.78, 5) is 15.5. The maximum Gasteiger partial charge on any atom is 0.173 e. The monoisotopic (exact) mass is 440 g/mol. The third-order valence-corrected chi connectivity index (χ3v) is 8.73. The summed E-state index contributed by atoms with van der Waals surface area (Å²) >= 11 is 1.72. The molecule has 1 aromatic carbocycles. The number of Topliss-reactive ketones (excluding diaryl/α,β-unsaturated/α-hetero) is 1. The zero-order chi connectivity index (χ0) is 21.9. The second-order valence-electron chi connectivity index (χ2n) is 9.82. The Labute approximate surface area is 188 Å². The summed E-state index contributed by atoms with van der Waals surface area (Å²) in [5.74, 6) is 3.25. The molecule has 31 heavy (non-hydrogen) atoms. The number of rotatable bonds is 9. The molecule has 1 aliphatic heterocycles. The van der Waals surface area contributed by atoms with Crippen LogP contribution in [0.2, 0.25) is 0 Å². The molecule has 1 aromatic heterocycles. The Bertz CT molecular complexity index is 1010. The van der Waals surface area contributed by atoms with E-state index in [0.717, 1.165) is 59.3 Å². The van der Waals surface area contributed by atoms with Crippen molar-refractivity contribution in [1.29, 1.82) is 0 Å². The molecule has 5 heteroatoms. The molecule has 1 saturated heterocycles. The molecular weight excluding hydrogens is 408 g/mol. The van der Waals surface area contributed by atoms with E-state index in [1.807, 2.05) is 6.07 Å². The molecular formula is C26H32O4S. The fourth-order valence-electron chi connectivity index (χ4n) is 5.51. The number of fused-ring (bicyclic) bond motifs is 3. The molecule has 3 aliphatic rings. The minimum Gasteiger partial charge on any atom is -0.493 e. The van der Waals surface area contributed by atoms with Gasteiger partial charge in [-0.05, 0) is 71.8 Å². The Balaban J connectivity index is 1.31. The molecule has 2 heterocycles. The average molecular weight is 441 g/mol. The van der Waals surface area contributed by atoms with E-state index in [1.165, 1.54) is 16.0 Å². The second-order valence-corrected chi connectivity index (χ2v) is 11.0. The van der Waals surface area contributed by atoms with Gasteiger partial charge >= 0.3 is 0 Å². The highest BCUT2D eigenvalue weighted by Gasteiger charge is 2.63. The Morgan fingerprint density at radius 2 is 2.10 bits per heavy atom. The number of aryl methyl sites for hydroxylation is 3. The highest BCUT2D eigenvalue weighted by Crippen LogP contribution is 2.71. The van der Waals surface area contributed by atoms with Crippen molar-refractivity contribution < 1.29 is 19.0 Å². The molecule has 0 radical (unpaired) electrons. The van der Waals surface area contributed by atoms with Crippen LogP contribution in [0.1, 0.15) is 69.9 Å². The molecule has 3 atom stereocenters. The third-order valence-electron chi connectivity index (χ3n) is 7.52. The van der Waals surface area contributed by atoms with E-state index >= 15 is 0 Å². The molecule has 2 aromatic rings. The van der Waals surface area contributed by atoms with Gasteiger partial charge in [0.05, 0.1) is 18.6 Å². The zero-order valence-electron chi connectivity index (χ0n) is 19.2. The van der Waals surface area contributed by atoms with Crippen LogP contribution < -0.4 is 9.47 Å². The fourth-order valence-corrected chi connectivity index (χ4v) is 6.71. The first kappa shape index (κ1) is 21.0. The topological polar surface area (TPSA) is 48.1 Å². The normalized spacial score (nSPS) is 24.5. The summed E-state index contributed by atoms with van der Waals surface area (Å²) in [6.45, 7) is 10.4. The fraction of sp³-hybridized carbons (Fsp3) is 0.577. The summed E-state index contributed by atoms with van der Waals surface area (Å²) < 4.78 is 16.9. The number of epoxide rings is 1. The van der Waals surface area contributed by atoms with E-state index < -0.39 is 0 Å². The van der Waals surface area contributed by atoms with Gasteiger partial charge < -0.3 is 14.2 Å². The molecule has 166 valence electrons. The highest BCUT2D eigenvalue weighted by molar-refractivity contribution is 7.14. The smallest absolute Gasteiger partial charge is 0.173 e. The van der Waals surface area contributed by atoms with Gasteiger partial charge in [-0.2, -0.15) is 0 Å².